The number of rotatable bonds is 4. The zero-order valence-corrected chi connectivity index (χ0v) is 13.5. The fourth-order valence-electron chi connectivity index (χ4n) is 2.05. The van der Waals surface area contributed by atoms with E-state index >= 15 is 0 Å². The lowest BCUT2D eigenvalue weighted by Crippen LogP contribution is -2.47. The van der Waals surface area contributed by atoms with Crippen LogP contribution in [-0.4, -0.2) is 48.6 Å². The Bertz CT molecular complexity index is 344. The maximum atomic E-state index is 12.0. The highest BCUT2D eigenvalue weighted by molar-refractivity contribution is 5.87. The number of amides is 1. The first-order valence-corrected chi connectivity index (χ1v) is 7.60. The van der Waals surface area contributed by atoms with Crippen molar-refractivity contribution in [2.24, 2.45) is 10.9 Å². The third kappa shape index (κ3) is 5.80. The zero-order valence-electron chi connectivity index (χ0n) is 13.5. The average molecular weight is 283 g/mol. The van der Waals surface area contributed by atoms with Crippen LogP contribution in [0.2, 0.25) is 0 Å². The van der Waals surface area contributed by atoms with E-state index in [1.165, 1.54) is 0 Å². The molecule has 0 spiro atoms. The standard InChI is InChI=1S/C15H29N3O2/c1-6-12(7-2)10-17-13-11-18(9-8-16-13)14(19)20-15(3,4)5/h12H,6-11H2,1-5H3,(H,16,17). The molecule has 0 aromatic rings. The number of amidine groups is 1. The van der Waals surface area contributed by atoms with E-state index in [2.05, 4.69) is 24.2 Å². The summed E-state index contributed by atoms with van der Waals surface area (Å²) in [5.41, 5.74) is -0.450. The summed E-state index contributed by atoms with van der Waals surface area (Å²) in [7, 11) is 0. The molecule has 0 aromatic heterocycles. The van der Waals surface area contributed by atoms with Crippen LogP contribution in [-0.2, 0) is 4.74 Å². The summed E-state index contributed by atoms with van der Waals surface area (Å²) in [6.45, 7) is 12.8. The molecule has 5 nitrogen and oxygen atoms in total. The van der Waals surface area contributed by atoms with Gasteiger partial charge in [-0.25, -0.2) is 4.79 Å². The predicted molar refractivity (Wildman–Crippen MR) is 82.2 cm³/mol. The number of carbonyl (C=O) groups is 1. The molecule has 1 N–H and O–H groups in total. The summed E-state index contributed by atoms with van der Waals surface area (Å²) in [4.78, 5) is 18.2. The Labute approximate surface area is 122 Å². The second-order valence-electron chi connectivity index (χ2n) is 6.29. The van der Waals surface area contributed by atoms with Crippen molar-refractivity contribution in [3.05, 3.63) is 0 Å². The maximum absolute atomic E-state index is 12.0. The molecule has 0 saturated carbocycles. The Morgan fingerprint density at radius 1 is 1.40 bits per heavy atom. The second-order valence-corrected chi connectivity index (χ2v) is 6.29. The first-order chi connectivity index (χ1) is 9.35. The van der Waals surface area contributed by atoms with E-state index in [1.807, 2.05) is 20.8 Å². The van der Waals surface area contributed by atoms with Gasteiger partial charge >= 0.3 is 6.09 Å². The molecule has 0 unspecified atom stereocenters. The summed E-state index contributed by atoms with van der Waals surface area (Å²) in [5, 5.41) is 3.37. The van der Waals surface area contributed by atoms with Crippen LogP contribution < -0.4 is 5.32 Å². The van der Waals surface area contributed by atoms with Crippen LogP contribution in [0.5, 0.6) is 0 Å². The van der Waals surface area contributed by atoms with E-state index in [1.54, 1.807) is 4.90 Å². The molecular formula is C15H29N3O2. The Morgan fingerprint density at radius 3 is 2.60 bits per heavy atom. The zero-order chi connectivity index (χ0) is 15.2. The SMILES string of the molecule is CCC(CC)CNC1=NCCN(C(=O)OC(C)(C)C)C1. The fourth-order valence-corrected chi connectivity index (χ4v) is 2.05. The highest BCUT2D eigenvalue weighted by Crippen LogP contribution is 2.11. The smallest absolute Gasteiger partial charge is 0.410 e. The molecule has 20 heavy (non-hydrogen) atoms. The van der Waals surface area contributed by atoms with E-state index in [0.717, 1.165) is 25.2 Å². The number of ether oxygens (including phenoxy) is 1. The van der Waals surface area contributed by atoms with Gasteiger partial charge in [0.15, 0.2) is 0 Å². The summed E-state index contributed by atoms with van der Waals surface area (Å²) in [6, 6.07) is 0. The summed E-state index contributed by atoms with van der Waals surface area (Å²) >= 11 is 0. The van der Waals surface area contributed by atoms with Crippen molar-refractivity contribution in [3.63, 3.8) is 0 Å². The molecular weight excluding hydrogens is 254 g/mol. The lowest BCUT2D eigenvalue weighted by atomic mass is 10.0. The maximum Gasteiger partial charge on any atom is 0.410 e. The average Bonchev–Trinajstić information content (AvgIpc) is 2.38. The molecule has 1 aliphatic heterocycles. The number of hydrogen-bond acceptors (Lipinski definition) is 4. The minimum Gasteiger partial charge on any atom is -0.444 e. The van der Waals surface area contributed by atoms with Gasteiger partial charge in [0.2, 0.25) is 0 Å². The Hall–Kier alpha value is -1.26. The molecule has 0 radical (unpaired) electrons. The van der Waals surface area contributed by atoms with Crippen molar-refractivity contribution in [2.45, 2.75) is 53.1 Å². The molecule has 0 fully saturated rings. The van der Waals surface area contributed by atoms with E-state index in [4.69, 9.17) is 4.74 Å². The number of aliphatic imine (C=N–C) groups is 1. The molecule has 0 atom stereocenters. The van der Waals surface area contributed by atoms with Crippen molar-refractivity contribution in [1.29, 1.82) is 0 Å². The van der Waals surface area contributed by atoms with Crippen LogP contribution in [0.4, 0.5) is 4.79 Å². The Balaban J connectivity index is 2.45. The lowest BCUT2D eigenvalue weighted by Gasteiger charge is -2.30. The predicted octanol–water partition coefficient (Wildman–Crippen LogP) is 2.66. The van der Waals surface area contributed by atoms with E-state index in [0.29, 0.717) is 25.6 Å². The van der Waals surface area contributed by atoms with Gasteiger partial charge in [0.1, 0.15) is 11.4 Å². The van der Waals surface area contributed by atoms with Gasteiger partial charge in [-0.2, -0.15) is 0 Å². The third-order valence-corrected chi connectivity index (χ3v) is 3.41. The minimum atomic E-state index is -0.450. The first-order valence-electron chi connectivity index (χ1n) is 7.60. The van der Waals surface area contributed by atoms with Gasteiger partial charge in [-0.15, -0.1) is 0 Å². The molecule has 116 valence electrons. The van der Waals surface area contributed by atoms with Gasteiger partial charge in [-0.3, -0.25) is 9.89 Å². The Kier molecular flexibility index (Phi) is 6.30. The minimum absolute atomic E-state index is 0.255. The van der Waals surface area contributed by atoms with Crippen LogP contribution in [0.1, 0.15) is 47.5 Å². The molecule has 0 bridgehead atoms. The highest BCUT2D eigenvalue weighted by Gasteiger charge is 2.25. The van der Waals surface area contributed by atoms with Crippen LogP contribution in [0.3, 0.4) is 0 Å². The van der Waals surface area contributed by atoms with Crippen molar-refractivity contribution >= 4 is 11.9 Å². The quantitative estimate of drug-likeness (QED) is 0.863. The van der Waals surface area contributed by atoms with E-state index in [9.17, 15) is 4.79 Å². The molecule has 1 heterocycles. The van der Waals surface area contributed by atoms with Gasteiger partial charge in [-0.05, 0) is 26.7 Å². The van der Waals surface area contributed by atoms with Crippen LogP contribution in [0.25, 0.3) is 0 Å². The third-order valence-electron chi connectivity index (χ3n) is 3.41. The number of hydrogen-bond donors (Lipinski definition) is 1. The molecule has 5 heteroatoms. The molecule has 0 aromatic carbocycles. The Morgan fingerprint density at radius 2 is 2.05 bits per heavy atom. The van der Waals surface area contributed by atoms with Gasteiger partial charge in [-0.1, -0.05) is 26.7 Å². The van der Waals surface area contributed by atoms with Crippen LogP contribution >= 0.6 is 0 Å². The van der Waals surface area contributed by atoms with Gasteiger partial charge in [0.05, 0.1) is 13.1 Å². The topological polar surface area (TPSA) is 53.9 Å². The van der Waals surface area contributed by atoms with Crippen molar-refractivity contribution in [3.8, 4) is 0 Å². The lowest BCUT2D eigenvalue weighted by molar-refractivity contribution is 0.0276. The van der Waals surface area contributed by atoms with Crippen molar-refractivity contribution in [2.75, 3.05) is 26.2 Å². The number of nitrogens with zero attached hydrogens (tertiary/aromatic N) is 2. The molecule has 1 rings (SSSR count). The van der Waals surface area contributed by atoms with Crippen molar-refractivity contribution in [1.82, 2.24) is 10.2 Å². The monoisotopic (exact) mass is 283 g/mol. The largest absolute Gasteiger partial charge is 0.444 e. The second kappa shape index (κ2) is 7.50. The van der Waals surface area contributed by atoms with Gasteiger partial charge in [0.25, 0.3) is 0 Å². The fraction of sp³-hybridized carbons (Fsp3) is 0.867. The van der Waals surface area contributed by atoms with Crippen molar-refractivity contribution < 1.29 is 9.53 Å². The summed E-state index contributed by atoms with van der Waals surface area (Å²) in [5.74, 6) is 1.56. The number of nitrogens with one attached hydrogen (secondary N) is 1. The van der Waals surface area contributed by atoms with Gasteiger partial charge in [0, 0.05) is 13.1 Å². The molecule has 0 aliphatic carbocycles. The molecule has 1 amide bonds. The normalized spacial score (nSPS) is 16.1. The summed E-state index contributed by atoms with van der Waals surface area (Å²) < 4.78 is 5.40. The summed E-state index contributed by atoms with van der Waals surface area (Å²) in [6.07, 6.45) is 2.06. The van der Waals surface area contributed by atoms with Gasteiger partial charge < -0.3 is 10.1 Å². The molecule has 1 aliphatic rings. The first kappa shape index (κ1) is 16.8. The van der Waals surface area contributed by atoms with Crippen LogP contribution in [0, 0.1) is 5.92 Å². The molecule has 0 saturated heterocycles. The number of carbonyl (C=O) groups excluding carboxylic acids is 1. The van der Waals surface area contributed by atoms with E-state index in [-0.39, 0.29) is 6.09 Å². The van der Waals surface area contributed by atoms with Crippen LogP contribution in [0.15, 0.2) is 4.99 Å². The van der Waals surface area contributed by atoms with E-state index < -0.39 is 5.60 Å². The highest BCUT2D eigenvalue weighted by atomic mass is 16.6.